The Morgan fingerprint density at radius 3 is 2.85 bits per heavy atom. The fourth-order valence-electron chi connectivity index (χ4n) is 2.74. The molecule has 1 aromatic rings. The summed E-state index contributed by atoms with van der Waals surface area (Å²) in [5, 5.41) is 2.89. The van der Waals surface area contributed by atoms with Crippen molar-refractivity contribution < 1.29 is 9.59 Å². The molecule has 1 aromatic heterocycles. The zero-order chi connectivity index (χ0) is 14.4. The summed E-state index contributed by atoms with van der Waals surface area (Å²) in [5.74, 6) is 0.548. The first-order valence-electron chi connectivity index (χ1n) is 6.75. The molecule has 0 spiro atoms. The molecule has 2 amide bonds. The maximum absolute atomic E-state index is 12.6. The summed E-state index contributed by atoms with van der Waals surface area (Å²) in [6.07, 6.45) is 2.36. The number of hydrogen-bond donors (Lipinski definition) is 1. The highest BCUT2D eigenvalue weighted by molar-refractivity contribution is 6.30. The minimum Gasteiger partial charge on any atom is -0.331 e. The Hall–Kier alpha value is -1.62. The predicted molar refractivity (Wildman–Crippen MR) is 75.6 cm³/mol. The predicted octanol–water partition coefficient (Wildman–Crippen LogP) is 2.45. The Labute approximate surface area is 122 Å². The Bertz CT molecular complexity index is 598. The first kappa shape index (κ1) is 13.4. The van der Waals surface area contributed by atoms with Gasteiger partial charge in [-0.15, -0.1) is 0 Å². The molecule has 1 aliphatic carbocycles. The Kier molecular flexibility index (Phi) is 3.17. The summed E-state index contributed by atoms with van der Waals surface area (Å²) in [7, 11) is 0. The second-order valence-corrected chi connectivity index (χ2v) is 5.91. The topological polar surface area (TPSA) is 62.3 Å². The van der Waals surface area contributed by atoms with Crippen LogP contribution >= 0.6 is 11.6 Å². The molecule has 1 aliphatic heterocycles. The number of nitrogens with zero attached hydrogens (tertiary/aromatic N) is 2. The quantitative estimate of drug-likeness (QED) is 0.871. The highest BCUT2D eigenvalue weighted by Gasteiger charge is 2.40. The van der Waals surface area contributed by atoms with Gasteiger partial charge in [0.05, 0.1) is 5.56 Å². The number of pyridine rings is 1. The lowest BCUT2D eigenvalue weighted by atomic mass is 10.1. The van der Waals surface area contributed by atoms with Crippen molar-refractivity contribution >= 4 is 29.2 Å². The normalized spacial score (nSPS) is 18.9. The lowest BCUT2D eigenvalue weighted by Gasteiger charge is -2.23. The molecule has 106 valence electrons. The van der Waals surface area contributed by atoms with Crippen molar-refractivity contribution in [2.75, 3.05) is 5.32 Å². The minimum atomic E-state index is -0.261. The van der Waals surface area contributed by atoms with Gasteiger partial charge in [-0.25, -0.2) is 4.98 Å². The van der Waals surface area contributed by atoms with Gasteiger partial charge in [0.25, 0.3) is 5.91 Å². The van der Waals surface area contributed by atoms with Crippen LogP contribution in [0.15, 0.2) is 6.07 Å². The van der Waals surface area contributed by atoms with E-state index in [2.05, 4.69) is 17.2 Å². The molecule has 1 unspecified atom stereocenters. The number of carbonyl (C=O) groups is 2. The first-order chi connectivity index (χ1) is 9.47. The second-order valence-electron chi connectivity index (χ2n) is 5.52. The number of halogens is 1. The molecule has 1 fully saturated rings. The first-order valence-corrected chi connectivity index (χ1v) is 7.13. The minimum absolute atomic E-state index is 0.0627. The van der Waals surface area contributed by atoms with Gasteiger partial charge < -0.3 is 10.2 Å². The molecule has 3 rings (SSSR count). The average Bonchev–Trinajstić information content (AvgIpc) is 3.13. The van der Waals surface area contributed by atoms with Crippen molar-refractivity contribution in [1.82, 2.24) is 9.88 Å². The van der Waals surface area contributed by atoms with E-state index in [1.807, 2.05) is 4.90 Å². The Morgan fingerprint density at radius 2 is 2.25 bits per heavy atom. The van der Waals surface area contributed by atoms with Crippen LogP contribution in [-0.4, -0.2) is 27.7 Å². The van der Waals surface area contributed by atoms with Gasteiger partial charge in [-0.1, -0.05) is 11.6 Å². The van der Waals surface area contributed by atoms with E-state index >= 15 is 0 Å². The van der Waals surface area contributed by atoms with Gasteiger partial charge in [0.1, 0.15) is 11.0 Å². The molecule has 0 saturated heterocycles. The lowest BCUT2D eigenvalue weighted by molar-refractivity contribution is -0.114. The largest absolute Gasteiger partial charge is 0.331 e. The number of hydrogen-bond acceptors (Lipinski definition) is 3. The molecule has 1 saturated carbocycles. The van der Waals surface area contributed by atoms with Gasteiger partial charge in [0.15, 0.2) is 0 Å². The summed E-state index contributed by atoms with van der Waals surface area (Å²) in [6.45, 7) is 4.01. The molecular formula is C14H16ClN3O2. The van der Waals surface area contributed by atoms with Crippen molar-refractivity contribution in [3.05, 3.63) is 22.3 Å². The van der Waals surface area contributed by atoms with E-state index in [1.54, 1.807) is 6.07 Å². The van der Waals surface area contributed by atoms with Crippen LogP contribution in [-0.2, 0) is 11.3 Å². The third kappa shape index (κ3) is 2.26. The van der Waals surface area contributed by atoms with E-state index in [-0.39, 0.29) is 23.7 Å². The monoisotopic (exact) mass is 293 g/mol. The number of anilines is 1. The van der Waals surface area contributed by atoms with Gasteiger partial charge in [0, 0.05) is 19.5 Å². The molecule has 1 N–H and O–H groups in total. The number of rotatable bonds is 3. The molecular weight excluding hydrogens is 278 g/mol. The maximum Gasteiger partial charge on any atom is 0.258 e. The molecule has 1 atom stereocenters. The zero-order valence-electron chi connectivity index (χ0n) is 11.4. The fraction of sp³-hybridized carbons (Fsp3) is 0.500. The number of fused-ring (bicyclic) bond motifs is 1. The van der Waals surface area contributed by atoms with Crippen molar-refractivity contribution in [2.24, 2.45) is 5.92 Å². The van der Waals surface area contributed by atoms with E-state index < -0.39 is 0 Å². The average molecular weight is 294 g/mol. The third-order valence-corrected chi connectivity index (χ3v) is 4.17. The Balaban J connectivity index is 1.96. The van der Waals surface area contributed by atoms with E-state index in [1.165, 1.54) is 19.8 Å². The van der Waals surface area contributed by atoms with Crippen molar-refractivity contribution in [3.8, 4) is 0 Å². The van der Waals surface area contributed by atoms with E-state index in [0.29, 0.717) is 23.2 Å². The van der Waals surface area contributed by atoms with E-state index in [4.69, 9.17) is 11.6 Å². The molecule has 2 aliphatic rings. The van der Waals surface area contributed by atoms with Crippen LogP contribution in [0.5, 0.6) is 0 Å². The van der Waals surface area contributed by atoms with Crippen LogP contribution in [0.4, 0.5) is 5.82 Å². The maximum atomic E-state index is 12.6. The van der Waals surface area contributed by atoms with Gasteiger partial charge in [-0.3, -0.25) is 9.59 Å². The van der Waals surface area contributed by atoms with Gasteiger partial charge in [-0.05, 0) is 37.3 Å². The number of nitrogens with one attached hydrogen (secondary N) is 1. The van der Waals surface area contributed by atoms with Crippen LogP contribution in [0, 0.1) is 5.92 Å². The van der Waals surface area contributed by atoms with Crippen molar-refractivity contribution in [3.63, 3.8) is 0 Å². The number of amides is 2. The van der Waals surface area contributed by atoms with Gasteiger partial charge in [0.2, 0.25) is 5.91 Å². The summed E-state index contributed by atoms with van der Waals surface area (Å²) in [4.78, 5) is 29.7. The standard InChI is InChI=1S/C14H16ClN3O2/c1-7(9-3-4-9)18-6-10-5-11(15)17-13(16-8(2)19)12(10)14(18)20/h5,7,9H,3-4,6H2,1-2H3,(H,16,17,19). The van der Waals surface area contributed by atoms with Crippen LogP contribution in [0.25, 0.3) is 0 Å². The van der Waals surface area contributed by atoms with Crippen molar-refractivity contribution in [2.45, 2.75) is 39.3 Å². The SMILES string of the molecule is CC(=O)Nc1nc(Cl)cc2c1C(=O)N(C(C)C1CC1)C2. The van der Waals surface area contributed by atoms with E-state index in [9.17, 15) is 9.59 Å². The number of aromatic nitrogens is 1. The van der Waals surface area contributed by atoms with Crippen molar-refractivity contribution in [1.29, 1.82) is 0 Å². The summed E-state index contributed by atoms with van der Waals surface area (Å²) >= 11 is 5.97. The Morgan fingerprint density at radius 1 is 1.55 bits per heavy atom. The summed E-state index contributed by atoms with van der Waals surface area (Å²) in [5.41, 5.74) is 1.32. The van der Waals surface area contributed by atoms with Crippen LogP contribution in [0.3, 0.4) is 0 Å². The van der Waals surface area contributed by atoms with Crippen LogP contribution in [0.2, 0.25) is 5.15 Å². The van der Waals surface area contributed by atoms with Gasteiger partial charge >= 0.3 is 0 Å². The fourth-order valence-corrected chi connectivity index (χ4v) is 2.96. The third-order valence-electron chi connectivity index (χ3n) is 3.98. The molecule has 2 heterocycles. The second kappa shape index (κ2) is 4.74. The van der Waals surface area contributed by atoms with E-state index in [0.717, 1.165) is 5.56 Å². The molecule has 0 radical (unpaired) electrons. The lowest BCUT2D eigenvalue weighted by Crippen LogP contribution is -2.35. The molecule has 0 bridgehead atoms. The molecule has 6 heteroatoms. The summed E-state index contributed by atoms with van der Waals surface area (Å²) in [6, 6.07) is 1.93. The molecule has 0 aromatic carbocycles. The highest BCUT2D eigenvalue weighted by Crippen LogP contribution is 2.39. The number of carbonyl (C=O) groups excluding carboxylic acids is 2. The molecule has 20 heavy (non-hydrogen) atoms. The van der Waals surface area contributed by atoms with Crippen LogP contribution < -0.4 is 5.32 Å². The zero-order valence-corrected chi connectivity index (χ0v) is 12.2. The van der Waals surface area contributed by atoms with Gasteiger partial charge in [-0.2, -0.15) is 0 Å². The highest BCUT2D eigenvalue weighted by atomic mass is 35.5. The summed E-state index contributed by atoms with van der Waals surface area (Å²) < 4.78 is 0. The molecule has 5 nitrogen and oxygen atoms in total. The van der Waals surface area contributed by atoms with Crippen LogP contribution in [0.1, 0.15) is 42.6 Å². The smallest absolute Gasteiger partial charge is 0.258 e.